The van der Waals surface area contributed by atoms with Crippen LogP contribution in [0.2, 0.25) is 0 Å². The van der Waals surface area contributed by atoms with Gasteiger partial charge in [-0.2, -0.15) is 4.98 Å². The third kappa shape index (κ3) is 3.40. The smallest absolute Gasteiger partial charge is 0.261 e. The summed E-state index contributed by atoms with van der Waals surface area (Å²) >= 11 is 0. The highest BCUT2D eigenvalue weighted by molar-refractivity contribution is 7.92. The van der Waals surface area contributed by atoms with Gasteiger partial charge < -0.3 is 4.52 Å². The number of nitrogens with one attached hydrogen (secondary N) is 1. The second kappa shape index (κ2) is 5.85. The molecule has 0 unspecified atom stereocenters. The number of aromatic nitrogens is 2. The summed E-state index contributed by atoms with van der Waals surface area (Å²) in [4.78, 5) is 4.35. The molecule has 0 atom stereocenters. The van der Waals surface area contributed by atoms with Crippen LogP contribution in [-0.4, -0.2) is 18.6 Å². The maximum Gasteiger partial charge on any atom is 0.261 e. The molecule has 0 amide bonds. The fourth-order valence-electron chi connectivity index (χ4n) is 2.13. The van der Waals surface area contributed by atoms with E-state index in [2.05, 4.69) is 14.9 Å². The molecule has 7 heteroatoms. The lowest BCUT2D eigenvalue weighted by Crippen LogP contribution is -2.13. The van der Waals surface area contributed by atoms with Crippen LogP contribution in [0.5, 0.6) is 0 Å². The summed E-state index contributed by atoms with van der Waals surface area (Å²) in [6.45, 7) is 3.56. The van der Waals surface area contributed by atoms with Crippen LogP contribution in [-0.2, 0) is 10.0 Å². The van der Waals surface area contributed by atoms with E-state index in [4.69, 9.17) is 4.52 Å². The zero-order chi connectivity index (χ0) is 16.4. The van der Waals surface area contributed by atoms with Crippen LogP contribution < -0.4 is 4.72 Å². The van der Waals surface area contributed by atoms with Crippen molar-refractivity contribution < 1.29 is 12.9 Å². The minimum Gasteiger partial charge on any atom is -0.334 e. The van der Waals surface area contributed by atoms with Crippen LogP contribution in [0.3, 0.4) is 0 Å². The van der Waals surface area contributed by atoms with Crippen molar-refractivity contribution in [1.82, 2.24) is 10.1 Å². The number of nitrogens with zero attached hydrogens (tertiary/aromatic N) is 2. The van der Waals surface area contributed by atoms with E-state index in [1.165, 1.54) is 0 Å². The summed E-state index contributed by atoms with van der Waals surface area (Å²) in [5, 5.41) is 3.73. The second-order valence-corrected chi connectivity index (χ2v) is 6.83. The van der Waals surface area contributed by atoms with Gasteiger partial charge in [0, 0.05) is 11.3 Å². The molecule has 118 valence electrons. The van der Waals surface area contributed by atoms with E-state index in [-0.39, 0.29) is 4.90 Å². The van der Waals surface area contributed by atoms with Gasteiger partial charge in [-0.05, 0) is 49.7 Å². The topological polar surface area (TPSA) is 85.1 Å². The monoisotopic (exact) mass is 329 g/mol. The van der Waals surface area contributed by atoms with Crippen LogP contribution in [0.15, 0.2) is 57.9 Å². The van der Waals surface area contributed by atoms with E-state index >= 15 is 0 Å². The van der Waals surface area contributed by atoms with Crippen molar-refractivity contribution in [2.75, 3.05) is 4.72 Å². The largest absolute Gasteiger partial charge is 0.334 e. The van der Waals surface area contributed by atoms with E-state index in [1.54, 1.807) is 49.4 Å². The average molecular weight is 329 g/mol. The lowest BCUT2D eigenvalue weighted by molar-refractivity contribution is 0.425. The first-order chi connectivity index (χ1) is 10.9. The molecule has 0 radical (unpaired) electrons. The highest BCUT2D eigenvalue weighted by Crippen LogP contribution is 2.23. The molecular formula is C16H15N3O3S. The summed E-state index contributed by atoms with van der Waals surface area (Å²) in [5.74, 6) is 0.866. The molecule has 0 saturated heterocycles. The number of sulfonamides is 1. The fourth-order valence-corrected chi connectivity index (χ4v) is 3.28. The number of rotatable bonds is 4. The Morgan fingerprint density at radius 3 is 2.52 bits per heavy atom. The van der Waals surface area contributed by atoms with Gasteiger partial charge in [0.15, 0.2) is 5.82 Å². The molecule has 6 nitrogen and oxygen atoms in total. The number of hydrogen-bond donors (Lipinski definition) is 1. The second-order valence-electron chi connectivity index (χ2n) is 5.15. The number of aryl methyl sites for hydroxylation is 2. The van der Waals surface area contributed by atoms with E-state index in [1.807, 2.05) is 13.0 Å². The van der Waals surface area contributed by atoms with Crippen LogP contribution in [0.1, 0.15) is 11.4 Å². The minimum absolute atomic E-state index is 0.219. The number of benzene rings is 2. The Bertz CT molecular complexity index is 948. The number of hydrogen-bond acceptors (Lipinski definition) is 5. The van der Waals surface area contributed by atoms with Crippen molar-refractivity contribution in [3.8, 4) is 11.5 Å². The highest BCUT2D eigenvalue weighted by atomic mass is 32.2. The molecule has 1 aromatic heterocycles. The van der Waals surface area contributed by atoms with Gasteiger partial charge in [0.05, 0.1) is 4.90 Å². The zero-order valence-electron chi connectivity index (χ0n) is 12.6. The van der Waals surface area contributed by atoms with E-state index in [0.717, 1.165) is 5.56 Å². The summed E-state index contributed by atoms with van der Waals surface area (Å²) in [7, 11) is -3.65. The van der Waals surface area contributed by atoms with Gasteiger partial charge in [-0.1, -0.05) is 23.4 Å². The van der Waals surface area contributed by atoms with Gasteiger partial charge in [-0.3, -0.25) is 4.72 Å². The molecule has 0 aliphatic heterocycles. The molecule has 3 aromatic rings. The molecule has 0 bridgehead atoms. The lowest BCUT2D eigenvalue weighted by Gasteiger charge is -2.09. The third-order valence-corrected chi connectivity index (χ3v) is 4.57. The Labute approximate surface area is 134 Å². The number of anilines is 1. The Balaban J connectivity index is 1.91. The molecule has 0 aliphatic rings. The molecular weight excluding hydrogens is 314 g/mol. The average Bonchev–Trinajstić information content (AvgIpc) is 2.94. The molecule has 2 aromatic carbocycles. The summed E-state index contributed by atoms with van der Waals surface area (Å²) in [6, 6.07) is 13.5. The highest BCUT2D eigenvalue weighted by Gasteiger charge is 2.15. The van der Waals surface area contributed by atoms with Crippen molar-refractivity contribution in [3.63, 3.8) is 0 Å². The molecule has 1 heterocycles. The Kier molecular flexibility index (Phi) is 3.87. The van der Waals surface area contributed by atoms with Crippen LogP contribution >= 0.6 is 0 Å². The molecule has 0 fully saturated rings. The minimum atomic E-state index is -3.65. The zero-order valence-corrected chi connectivity index (χ0v) is 13.5. The van der Waals surface area contributed by atoms with Crippen molar-refractivity contribution >= 4 is 15.7 Å². The van der Waals surface area contributed by atoms with Gasteiger partial charge >= 0.3 is 0 Å². The van der Waals surface area contributed by atoms with Gasteiger partial charge in [0.2, 0.25) is 0 Å². The Morgan fingerprint density at radius 2 is 1.83 bits per heavy atom. The molecule has 1 N–H and O–H groups in total. The van der Waals surface area contributed by atoms with Crippen molar-refractivity contribution in [1.29, 1.82) is 0 Å². The first kappa shape index (κ1) is 15.2. The molecule has 0 aliphatic carbocycles. The molecule has 0 spiro atoms. The van der Waals surface area contributed by atoms with Gasteiger partial charge in [-0.15, -0.1) is 0 Å². The van der Waals surface area contributed by atoms with Gasteiger partial charge in [-0.25, -0.2) is 8.42 Å². The summed E-state index contributed by atoms with van der Waals surface area (Å²) in [5.41, 5.74) is 1.96. The first-order valence-corrected chi connectivity index (χ1v) is 8.42. The lowest BCUT2D eigenvalue weighted by atomic mass is 10.2. The predicted molar refractivity (Wildman–Crippen MR) is 86.5 cm³/mol. The van der Waals surface area contributed by atoms with Crippen molar-refractivity contribution in [3.05, 3.63) is 59.9 Å². The van der Waals surface area contributed by atoms with Gasteiger partial charge in [0.25, 0.3) is 15.9 Å². The van der Waals surface area contributed by atoms with Crippen molar-refractivity contribution in [2.24, 2.45) is 0 Å². The summed E-state index contributed by atoms with van der Waals surface area (Å²) in [6.07, 6.45) is 0. The Hall–Kier alpha value is -2.67. The normalized spacial score (nSPS) is 11.4. The summed E-state index contributed by atoms with van der Waals surface area (Å²) < 4.78 is 32.5. The SMILES string of the molecule is Cc1cccc(S(=O)(=O)Nc2cccc(-c3nc(C)no3)c2)c1. The predicted octanol–water partition coefficient (Wildman–Crippen LogP) is 3.15. The van der Waals surface area contributed by atoms with Crippen LogP contribution in [0, 0.1) is 13.8 Å². The van der Waals surface area contributed by atoms with Crippen LogP contribution in [0.25, 0.3) is 11.5 Å². The molecule has 23 heavy (non-hydrogen) atoms. The maximum absolute atomic E-state index is 12.4. The first-order valence-electron chi connectivity index (χ1n) is 6.94. The molecule has 0 saturated carbocycles. The van der Waals surface area contributed by atoms with E-state index in [0.29, 0.717) is 23.0 Å². The van der Waals surface area contributed by atoms with Crippen molar-refractivity contribution in [2.45, 2.75) is 18.7 Å². The fraction of sp³-hybridized carbons (Fsp3) is 0.125. The quantitative estimate of drug-likeness (QED) is 0.794. The molecule has 3 rings (SSSR count). The van der Waals surface area contributed by atoms with E-state index < -0.39 is 10.0 Å². The van der Waals surface area contributed by atoms with Crippen LogP contribution in [0.4, 0.5) is 5.69 Å². The third-order valence-electron chi connectivity index (χ3n) is 3.19. The standard InChI is InChI=1S/C16H15N3O3S/c1-11-5-3-8-15(9-11)23(20,21)19-14-7-4-6-13(10-14)16-17-12(2)18-22-16/h3-10,19H,1-2H3. The maximum atomic E-state index is 12.4. The van der Waals surface area contributed by atoms with E-state index in [9.17, 15) is 8.42 Å². The van der Waals surface area contributed by atoms with Gasteiger partial charge in [0.1, 0.15) is 0 Å². The Morgan fingerprint density at radius 1 is 1.04 bits per heavy atom.